The lowest BCUT2D eigenvalue weighted by atomic mass is 10.1. The van der Waals surface area contributed by atoms with E-state index in [0.717, 1.165) is 30.0 Å². The van der Waals surface area contributed by atoms with Gasteiger partial charge in [-0.25, -0.2) is 0 Å². The molecule has 4 nitrogen and oxygen atoms in total. The van der Waals surface area contributed by atoms with Crippen LogP contribution in [0, 0.1) is 0 Å². The number of amides is 1. The van der Waals surface area contributed by atoms with Gasteiger partial charge in [-0.3, -0.25) is 4.79 Å². The monoisotopic (exact) mass is 346 g/mol. The summed E-state index contributed by atoms with van der Waals surface area (Å²) in [7, 11) is 1.83. The molecule has 0 atom stereocenters. The van der Waals surface area contributed by atoms with Crippen molar-refractivity contribution in [2.24, 2.45) is 0 Å². The molecule has 24 heavy (non-hydrogen) atoms. The lowest BCUT2D eigenvalue weighted by Crippen LogP contribution is -2.26. The second-order valence-electron chi connectivity index (χ2n) is 5.79. The molecule has 2 aromatic rings. The number of para-hydroxylation sites is 1. The van der Waals surface area contributed by atoms with E-state index >= 15 is 0 Å². The molecule has 0 saturated heterocycles. The molecule has 1 N–H and O–H groups in total. The van der Waals surface area contributed by atoms with E-state index in [2.05, 4.69) is 5.32 Å². The maximum absolute atomic E-state index is 12.7. The van der Waals surface area contributed by atoms with Gasteiger partial charge in [0.25, 0.3) is 5.91 Å². The van der Waals surface area contributed by atoms with E-state index in [1.807, 2.05) is 56.4 Å². The van der Waals surface area contributed by atoms with Gasteiger partial charge in [-0.2, -0.15) is 0 Å². The Bertz CT molecular complexity index is 718. The molecule has 0 aromatic heterocycles. The third kappa shape index (κ3) is 3.89. The molecule has 1 aliphatic heterocycles. The van der Waals surface area contributed by atoms with Gasteiger partial charge >= 0.3 is 0 Å². The minimum Gasteiger partial charge on any atom is -0.494 e. The van der Waals surface area contributed by atoms with E-state index < -0.39 is 0 Å². The molecule has 0 fully saturated rings. The van der Waals surface area contributed by atoms with Crippen LogP contribution in [0.1, 0.15) is 34.0 Å². The minimum atomic E-state index is 0. The molecular formula is C19H23ClN2O2. The number of halogens is 1. The fourth-order valence-electron chi connectivity index (χ4n) is 2.91. The van der Waals surface area contributed by atoms with Crippen LogP contribution in [0.5, 0.6) is 5.75 Å². The van der Waals surface area contributed by atoms with E-state index in [9.17, 15) is 4.79 Å². The summed E-state index contributed by atoms with van der Waals surface area (Å²) < 4.78 is 5.64. The Kier molecular flexibility index (Phi) is 6.23. The lowest BCUT2D eigenvalue weighted by molar-refractivity contribution is 0.0784. The zero-order valence-corrected chi connectivity index (χ0v) is 14.9. The SMILES string of the molecule is CCOc1ccccc1CN(C)C(=O)c1ccc2c(c1)CNC2.Cl. The number of nitrogens with zero attached hydrogens (tertiary/aromatic N) is 1. The van der Waals surface area contributed by atoms with Crippen molar-refractivity contribution in [3.05, 3.63) is 64.7 Å². The second-order valence-corrected chi connectivity index (χ2v) is 5.79. The summed E-state index contributed by atoms with van der Waals surface area (Å²) in [6.45, 7) is 4.84. The number of benzene rings is 2. The Morgan fingerprint density at radius 2 is 1.92 bits per heavy atom. The highest BCUT2D eigenvalue weighted by Crippen LogP contribution is 2.21. The normalized spacial score (nSPS) is 12.2. The lowest BCUT2D eigenvalue weighted by Gasteiger charge is -2.19. The second kappa shape index (κ2) is 8.18. The van der Waals surface area contributed by atoms with Crippen LogP contribution < -0.4 is 10.1 Å². The van der Waals surface area contributed by atoms with Gasteiger partial charge in [-0.1, -0.05) is 24.3 Å². The Balaban J connectivity index is 0.00000208. The van der Waals surface area contributed by atoms with Crippen molar-refractivity contribution in [2.75, 3.05) is 13.7 Å². The number of hydrogen-bond acceptors (Lipinski definition) is 3. The number of ether oxygens (including phenoxy) is 1. The first-order valence-corrected chi connectivity index (χ1v) is 7.97. The summed E-state index contributed by atoms with van der Waals surface area (Å²) in [6.07, 6.45) is 0. The molecule has 0 radical (unpaired) electrons. The molecule has 0 bridgehead atoms. The zero-order chi connectivity index (χ0) is 16.2. The van der Waals surface area contributed by atoms with Crippen molar-refractivity contribution in [3.63, 3.8) is 0 Å². The topological polar surface area (TPSA) is 41.6 Å². The van der Waals surface area contributed by atoms with Crippen LogP contribution in [0.4, 0.5) is 0 Å². The predicted octanol–water partition coefficient (Wildman–Crippen LogP) is 3.38. The number of fused-ring (bicyclic) bond motifs is 1. The van der Waals surface area contributed by atoms with Crippen LogP contribution in [0.2, 0.25) is 0 Å². The summed E-state index contributed by atoms with van der Waals surface area (Å²) in [5, 5.41) is 3.30. The number of carbonyl (C=O) groups is 1. The summed E-state index contributed by atoms with van der Waals surface area (Å²) in [4.78, 5) is 14.4. The van der Waals surface area contributed by atoms with Gasteiger partial charge in [-0.05, 0) is 36.2 Å². The average molecular weight is 347 g/mol. The molecular weight excluding hydrogens is 324 g/mol. The average Bonchev–Trinajstić information content (AvgIpc) is 3.03. The van der Waals surface area contributed by atoms with E-state index in [0.29, 0.717) is 13.2 Å². The highest BCUT2D eigenvalue weighted by atomic mass is 35.5. The fourth-order valence-corrected chi connectivity index (χ4v) is 2.91. The van der Waals surface area contributed by atoms with E-state index in [-0.39, 0.29) is 18.3 Å². The molecule has 1 amide bonds. The fraction of sp³-hybridized carbons (Fsp3) is 0.316. The van der Waals surface area contributed by atoms with Crippen molar-refractivity contribution in [1.29, 1.82) is 0 Å². The van der Waals surface area contributed by atoms with E-state index in [1.54, 1.807) is 4.90 Å². The van der Waals surface area contributed by atoms with Crippen LogP contribution in [0.15, 0.2) is 42.5 Å². The largest absolute Gasteiger partial charge is 0.494 e. The van der Waals surface area contributed by atoms with Gasteiger partial charge in [0.1, 0.15) is 5.75 Å². The third-order valence-electron chi connectivity index (χ3n) is 4.11. The first kappa shape index (κ1) is 18.3. The summed E-state index contributed by atoms with van der Waals surface area (Å²) in [5.74, 6) is 0.874. The molecule has 5 heteroatoms. The Labute approximate surface area is 149 Å². The maximum atomic E-state index is 12.7. The van der Waals surface area contributed by atoms with E-state index in [1.165, 1.54) is 11.1 Å². The van der Waals surface area contributed by atoms with Crippen LogP contribution in [0.3, 0.4) is 0 Å². The third-order valence-corrected chi connectivity index (χ3v) is 4.11. The molecule has 0 aliphatic carbocycles. The number of carbonyl (C=O) groups excluding carboxylic acids is 1. The van der Waals surface area contributed by atoms with E-state index in [4.69, 9.17) is 4.74 Å². The quantitative estimate of drug-likeness (QED) is 0.902. The highest BCUT2D eigenvalue weighted by Gasteiger charge is 2.17. The molecule has 0 unspecified atom stereocenters. The van der Waals surface area contributed by atoms with Gasteiger partial charge in [-0.15, -0.1) is 12.4 Å². The number of hydrogen-bond donors (Lipinski definition) is 1. The minimum absolute atomic E-state index is 0. The molecule has 0 spiro atoms. The molecule has 128 valence electrons. The Morgan fingerprint density at radius 3 is 2.71 bits per heavy atom. The van der Waals surface area contributed by atoms with Crippen LogP contribution >= 0.6 is 12.4 Å². The molecule has 0 saturated carbocycles. The summed E-state index contributed by atoms with van der Waals surface area (Å²) >= 11 is 0. The van der Waals surface area contributed by atoms with Crippen molar-refractivity contribution in [3.8, 4) is 5.75 Å². The van der Waals surface area contributed by atoms with Crippen LogP contribution in [0.25, 0.3) is 0 Å². The first-order chi connectivity index (χ1) is 11.2. The zero-order valence-electron chi connectivity index (χ0n) is 14.0. The molecule has 3 rings (SSSR count). The maximum Gasteiger partial charge on any atom is 0.253 e. The van der Waals surface area contributed by atoms with Crippen molar-refractivity contribution in [2.45, 2.75) is 26.6 Å². The number of nitrogens with one attached hydrogen (secondary N) is 1. The molecule has 1 aliphatic rings. The van der Waals surface area contributed by atoms with Crippen molar-refractivity contribution in [1.82, 2.24) is 10.2 Å². The smallest absolute Gasteiger partial charge is 0.253 e. The Morgan fingerprint density at radius 1 is 1.17 bits per heavy atom. The van der Waals surface area contributed by atoms with Crippen LogP contribution in [-0.2, 0) is 19.6 Å². The van der Waals surface area contributed by atoms with Gasteiger partial charge in [0.2, 0.25) is 0 Å². The number of rotatable bonds is 5. The van der Waals surface area contributed by atoms with Crippen LogP contribution in [-0.4, -0.2) is 24.5 Å². The van der Waals surface area contributed by atoms with Gasteiger partial charge in [0.05, 0.1) is 6.61 Å². The Hall–Kier alpha value is -2.04. The molecule has 2 aromatic carbocycles. The first-order valence-electron chi connectivity index (χ1n) is 7.97. The molecule has 1 heterocycles. The van der Waals surface area contributed by atoms with Crippen molar-refractivity contribution < 1.29 is 9.53 Å². The predicted molar refractivity (Wildman–Crippen MR) is 97.6 cm³/mol. The summed E-state index contributed by atoms with van der Waals surface area (Å²) in [6, 6.07) is 13.8. The van der Waals surface area contributed by atoms with Gasteiger partial charge < -0.3 is 15.0 Å². The highest BCUT2D eigenvalue weighted by molar-refractivity contribution is 5.94. The summed E-state index contributed by atoms with van der Waals surface area (Å²) in [5.41, 5.74) is 4.27. The van der Waals surface area contributed by atoms with Crippen molar-refractivity contribution >= 4 is 18.3 Å². The van der Waals surface area contributed by atoms with Gasteiger partial charge in [0, 0.05) is 37.8 Å². The standard InChI is InChI=1S/C19H22N2O2.ClH/c1-3-23-18-7-5-4-6-16(18)13-21(2)19(22)14-8-9-15-11-20-12-17(15)10-14;/h4-10,20H,3,11-13H2,1-2H3;1H. The van der Waals surface area contributed by atoms with Gasteiger partial charge in [0.15, 0.2) is 0 Å².